The molecule has 68 heavy (non-hydrogen) atoms. The summed E-state index contributed by atoms with van der Waals surface area (Å²) in [4.78, 5) is 32.2. The Kier molecular flexibility index (Phi) is 14.4. The molecule has 0 aliphatic heterocycles. The summed E-state index contributed by atoms with van der Waals surface area (Å²) in [7, 11) is 0. The van der Waals surface area contributed by atoms with Gasteiger partial charge >= 0.3 is 24.3 Å². The second-order valence-corrected chi connectivity index (χ2v) is 15.4. The molecule has 0 atom stereocenters. The number of phenolic OH excluding ortho intramolecular Hbond substituents is 1. The summed E-state index contributed by atoms with van der Waals surface area (Å²) < 4.78 is 147. The maximum Gasteiger partial charge on any atom is 0.416 e. The molecule has 352 valence electrons. The molecule has 4 aromatic carbocycles. The molecule has 2 aliphatic rings. The van der Waals surface area contributed by atoms with Crippen LogP contribution in [0.3, 0.4) is 0 Å². The van der Waals surface area contributed by atoms with Gasteiger partial charge in [-0.3, -0.25) is 0 Å². The quantitative estimate of drug-likeness (QED) is 0.0974. The first-order chi connectivity index (χ1) is 32.3. The van der Waals surface area contributed by atoms with Crippen molar-refractivity contribution in [1.82, 2.24) is 9.97 Å². The van der Waals surface area contributed by atoms with Crippen molar-refractivity contribution in [3.63, 3.8) is 0 Å². The third kappa shape index (κ3) is 11.0. The minimum atomic E-state index is -4.68. The Morgan fingerprint density at radius 3 is 1.51 bits per heavy atom. The van der Waals surface area contributed by atoms with Gasteiger partial charge in [-0.2, -0.15) is 26.3 Å². The van der Waals surface area contributed by atoms with E-state index in [0.717, 1.165) is 60.7 Å². The number of carbonyl (C=O) groups excluding carboxylic acids is 1. The van der Waals surface area contributed by atoms with Crippen LogP contribution in [0, 0.1) is 23.3 Å². The van der Waals surface area contributed by atoms with Gasteiger partial charge in [0.1, 0.15) is 59.4 Å². The van der Waals surface area contributed by atoms with Crippen molar-refractivity contribution in [2.75, 3.05) is 0 Å². The highest BCUT2D eigenvalue weighted by molar-refractivity contribution is 5.96. The molecule has 2 aromatic heterocycles. The van der Waals surface area contributed by atoms with Gasteiger partial charge in [0.2, 0.25) is 0 Å². The fourth-order valence-corrected chi connectivity index (χ4v) is 7.81. The standard InChI is InChI=1S/C32H22F7NO3.C18H14F3NO3/c33-24-7-2-8-25(34)22(24)16-42-30-14-13-18(32(37,38)39)15-21(30)19-5-1-6-20(19)28-11-4-12-29(40-28)31(41)43-17-23-26(35)9-3-10-27(23)36;19-18(20,21)10-7-8-16(23)13(9-10)11-3-1-4-12(11)14-5-2-6-15(22-14)17(24)25/h2-4,7-15H,1,5-6,16-17H2;2,5-9,23H,1,3-4H2,(H,24,25). The molecule has 0 saturated heterocycles. The van der Waals surface area contributed by atoms with Crippen molar-refractivity contribution in [3.8, 4) is 11.5 Å². The number of esters is 1. The number of aromatic carboxylic acids is 1. The Morgan fingerprint density at radius 2 is 0.985 bits per heavy atom. The minimum absolute atomic E-state index is 0.0208. The Bertz CT molecular complexity index is 2920. The number of aromatic nitrogens is 2. The summed E-state index contributed by atoms with van der Waals surface area (Å²) in [5.41, 5.74) is 0.197. The maximum absolute atomic E-state index is 14.2. The van der Waals surface area contributed by atoms with Crippen LogP contribution in [0.25, 0.3) is 22.3 Å². The highest BCUT2D eigenvalue weighted by atomic mass is 19.4. The summed E-state index contributed by atoms with van der Waals surface area (Å²) in [6.45, 7) is -1.24. The number of carbonyl (C=O) groups is 2. The largest absolute Gasteiger partial charge is 0.507 e. The molecule has 0 unspecified atom stereocenters. The van der Waals surface area contributed by atoms with Gasteiger partial charge in [0.25, 0.3) is 0 Å². The number of phenols is 1. The Morgan fingerprint density at radius 1 is 0.544 bits per heavy atom. The summed E-state index contributed by atoms with van der Waals surface area (Å²) >= 11 is 0. The molecule has 2 heterocycles. The Hall–Kier alpha value is -7.50. The van der Waals surface area contributed by atoms with E-state index >= 15 is 0 Å². The number of halogens is 10. The zero-order valence-corrected chi connectivity index (χ0v) is 35.3. The second kappa shape index (κ2) is 20.2. The summed E-state index contributed by atoms with van der Waals surface area (Å²) in [5.74, 6) is -5.88. The van der Waals surface area contributed by atoms with Crippen LogP contribution < -0.4 is 4.74 Å². The fourth-order valence-electron chi connectivity index (χ4n) is 7.81. The highest BCUT2D eigenvalue weighted by Crippen LogP contribution is 2.46. The topological polar surface area (TPSA) is 119 Å². The molecule has 0 radical (unpaired) electrons. The third-order valence-electron chi connectivity index (χ3n) is 11.1. The average molecular weight is 951 g/mol. The molecular weight excluding hydrogens is 915 g/mol. The number of rotatable bonds is 11. The molecular formula is C50H36F10N2O6. The van der Waals surface area contributed by atoms with Crippen LogP contribution in [-0.4, -0.2) is 32.1 Å². The third-order valence-corrected chi connectivity index (χ3v) is 11.1. The van der Waals surface area contributed by atoms with Gasteiger partial charge in [0.15, 0.2) is 0 Å². The first-order valence-electron chi connectivity index (χ1n) is 20.7. The number of carboxylic acids is 1. The van der Waals surface area contributed by atoms with Crippen LogP contribution in [0.5, 0.6) is 11.5 Å². The van der Waals surface area contributed by atoms with Gasteiger partial charge < -0.3 is 19.7 Å². The molecule has 2 aliphatic carbocycles. The van der Waals surface area contributed by atoms with Gasteiger partial charge in [-0.25, -0.2) is 37.1 Å². The zero-order chi connectivity index (χ0) is 48.9. The molecule has 8 rings (SSSR count). The first kappa shape index (κ1) is 48.4. The average Bonchev–Trinajstić information content (AvgIpc) is 4.00. The van der Waals surface area contributed by atoms with E-state index < -0.39 is 77.5 Å². The number of carboxylic acid groups (broad SMARTS) is 1. The van der Waals surface area contributed by atoms with Gasteiger partial charge in [0, 0.05) is 11.1 Å². The van der Waals surface area contributed by atoms with E-state index in [1.54, 1.807) is 18.2 Å². The normalized spacial score (nSPS) is 13.9. The van der Waals surface area contributed by atoms with Crippen LogP contribution >= 0.6 is 0 Å². The zero-order valence-electron chi connectivity index (χ0n) is 35.3. The van der Waals surface area contributed by atoms with Crippen molar-refractivity contribution in [3.05, 3.63) is 189 Å². The number of pyridine rings is 2. The van der Waals surface area contributed by atoms with Gasteiger partial charge in [-0.15, -0.1) is 0 Å². The first-order valence-corrected chi connectivity index (χ1v) is 20.7. The van der Waals surface area contributed by atoms with Crippen LogP contribution in [0.1, 0.15) is 104 Å². The van der Waals surface area contributed by atoms with Gasteiger partial charge in [-0.05, 0) is 146 Å². The minimum Gasteiger partial charge on any atom is -0.507 e. The van der Waals surface area contributed by atoms with E-state index in [1.165, 1.54) is 30.3 Å². The number of aromatic hydroxyl groups is 1. The number of hydrogen-bond acceptors (Lipinski definition) is 7. The van der Waals surface area contributed by atoms with Crippen LogP contribution in [0.15, 0.2) is 109 Å². The van der Waals surface area contributed by atoms with Crippen molar-refractivity contribution in [2.24, 2.45) is 0 Å². The summed E-state index contributed by atoms with van der Waals surface area (Å²) in [6.07, 6.45) is -6.16. The Balaban J connectivity index is 0.000000232. The molecule has 0 fully saturated rings. The van der Waals surface area contributed by atoms with Crippen molar-refractivity contribution < 1.29 is 73.2 Å². The number of ether oxygens (including phenoxy) is 2. The fraction of sp³-hybridized carbons (Fsp3) is 0.200. The van der Waals surface area contributed by atoms with Gasteiger partial charge in [0.05, 0.1) is 33.6 Å². The van der Waals surface area contributed by atoms with E-state index in [-0.39, 0.29) is 45.3 Å². The van der Waals surface area contributed by atoms with Crippen LogP contribution in [0.2, 0.25) is 0 Å². The van der Waals surface area contributed by atoms with Crippen LogP contribution in [0.4, 0.5) is 43.9 Å². The predicted molar refractivity (Wildman–Crippen MR) is 227 cm³/mol. The van der Waals surface area contributed by atoms with Crippen LogP contribution in [-0.2, 0) is 30.3 Å². The molecule has 0 bridgehead atoms. The van der Waals surface area contributed by atoms with Crippen molar-refractivity contribution in [2.45, 2.75) is 64.1 Å². The summed E-state index contributed by atoms with van der Waals surface area (Å²) in [6, 6.07) is 21.0. The molecule has 8 nitrogen and oxygen atoms in total. The molecule has 18 heteroatoms. The molecule has 2 N–H and O–H groups in total. The van der Waals surface area contributed by atoms with E-state index in [1.807, 2.05) is 0 Å². The van der Waals surface area contributed by atoms with Crippen molar-refractivity contribution in [1.29, 1.82) is 0 Å². The Labute approximate surface area is 380 Å². The van der Waals surface area contributed by atoms with E-state index in [4.69, 9.17) is 14.6 Å². The van der Waals surface area contributed by atoms with Gasteiger partial charge in [-0.1, -0.05) is 24.3 Å². The number of hydrogen-bond donors (Lipinski definition) is 2. The predicted octanol–water partition coefficient (Wildman–Crippen LogP) is 13.3. The lowest BCUT2D eigenvalue weighted by Crippen LogP contribution is -2.10. The lowest BCUT2D eigenvalue weighted by Gasteiger charge is -2.17. The lowest BCUT2D eigenvalue weighted by molar-refractivity contribution is -0.138. The number of alkyl halides is 6. The molecule has 6 aromatic rings. The smallest absolute Gasteiger partial charge is 0.416 e. The molecule has 0 spiro atoms. The summed E-state index contributed by atoms with van der Waals surface area (Å²) in [5, 5.41) is 19.1. The molecule has 0 amide bonds. The van der Waals surface area contributed by atoms with Crippen molar-refractivity contribution >= 4 is 34.2 Å². The van der Waals surface area contributed by atoms with E-state index in [2.05, 4.69) is 9.97 Å². The van der Waals surface area contributed by atoms with E-state index in [9.17, 15) is 58.6 Å². The SMILES string of the molecule is O=C(O)c1cccc(C2=C(c3cc(C(F)(F)F)ccc3O)CCC2)n1.O=C(OCc1c(F)cccc1F)c1cccc(C2=C(c3cc(C(F)(F)F)ccc3OCc3c(F)cccc3F)CCC2)n1. The highest BCUT2D eigenvalue weighted by Gasteiger charge is 2.34. The second-order valence-electron chi connectivity index (χ2n) is 15.4. The number of benzene rings is 4. The maximum atomic E-state index is 14.2. The lowest BCUT2D eigenvalue weighted by atomic mass is 9.96. The monoisotopic (exact) mass is 950 g/mol. The number of nitrogens with zero attached hydrogens (tertiary/aromatic N) is 2. The van der Waals surface area contributed by atoms with E-state index in [0.29, 0.717) is 66.5 Å². The number of allylic oxidation sites excluding steroid dienone is 4. The molecule has 0 saturated carbocycles.